The molecular weight excluding hydrogens is 222 g/mol. The van der Waals surface area contributed by atoms with Gasteiger partial charge in [-0.3, -0.25) is 15.1 Å². The van der Waals surface area contributed by atoms with Crippen molar-refractivity contribution in [3.05, 3.63) is 45.9 Å². The van der Waals surface area contributed by atoms with Gasteiger partial charge in [-0.1, -0.05) is 6.07 Å². The van der Waals surface area contributed by atoms with Crippen molar-refractivity contribution in [2.45, 2.75) is 13.5 Å². The van der Waals surface area contributed by atoms with Crippen LogP contribution in [0.1, 0.15) is 11.3 Å². The van der Waals surface area contributed by atoms with Gasteiger partial charge in [0, 0.05) is 12.4 Å². The normalized spacial score (nSPS) is 10.4. The highest BCUT2D eigenvalue weighted by atomic mass is 16.6. The Kier molecular flexibility index (Phi) is 2.73. The molecule has 2 aromatic rings. The third-order valence-corrected chi connectivity index (χ3v) is 2.37. The van der Waals surface area contributed by atoms with Gasteiger partial charge in [0.2, 0.25) is 5.82 Å². The van der Waals surface area contributed by atoms with Crippen molar-refractivity contribution in [3.63, 3.8) is 0 Å². The predicted molar refractivity (Wildman–Crippen MR) is 61.4 cm³/mol. The fraction of sp³-hybridized carbons (Fsp3) is 0.200. The minimum absolute atomic E-state index is 0.0661. The molecule has 0 radical (unpaired) electrons. The fourth-order valence-corrected chi connectivity index (χ4v) is 1.60. The van der Waals surface area contributed by atoms with Gasteiger partial charge in [0.05, 0.1) is 11.5 Å². The lowest BCUT2D eigenvalue weighted by molar-refractivity contribution is -0.384. The van der Waals surface area contributed by atoms with E-state index in [1.807, 2.05) is 6.07 Å². The van der Waals surface area contributed by atoms with Crippen LogP contribution < -0.4 is 5.73 Å². The third-order valence-electron chi connectivity index (χ3n) is 2.37. The second kappa shape index (κ2) is 4.20. The van der Waals surface area contributed by atoms with Crippen molar-refractivity contribution >= 4 is 11.5 Å². The number of hydrogen-bond donors (Lipinski definition) is 1. The summed E-state index contributed by atoms with van der Waals surface area (Å²) in [6.45, 7) is 1.93. The van der Waals surface area contributed by atoms with Crippen LogP contribution in [0.2, 0.25) is 0 Å². The molecule has 0 saturated heterocycles. The number of hydrogen-bond acceptors (Lipinski definition) is 5. The smallest absolute Gasteiger partial charge is 0.333 e. The number of nitrogens with zero attached hydrogens (tertiary/aromatic N) is 4. The number of aromatic nitrogens is 3. The highest BCUT2D eigenvalue weighted by Gasteiger charge is 2.22. The molecule has 7 nitrogen and oxygen atoms in total. The molecule has 0 spiro atoms. The van der Waals surface area contributed by atoms with E-state index in [1.165, 1.54) is 4.68 Å². The van der Waals surface area contributed by atoms with E-state index in [-0.39, 0.29) is 11.5 Å². The minimum Gasteiger partial charge on any atom is -0.378 e. The second-order valence-electron chi connectivity index (χ2n) is 3.60. The second-order valence-corrected chi connectivity index (χ2v) is 3.60. The first-order valence-electron chi connectivity index (χ1n) is 4.95. The molecule has 2 heterocycles. The molecule has 0 aliphatic rings. The predicted octanol–water partition coefficient (Wildman–Crippen LogP) is 1.13. The molecule has 2 rings (SSSR count). The highest BCUT2D eigenvalue weighted by Crippen LogP contribution is 2.25. The van der Waals surface area contributed by atoms with Crippen LogP contribution in [0.3, 0.4) is 0 Å². The maximum atomic E-state index is 10.8. The molecule has 88 valence electrons. The molecule has 0 aliphatic carbocycles. The van der Waals surface area contributed by atoms with Gasteiger partial charge in [0.1, 0.15) is 5.69 Å². The molecule has 0 bridgehead atoms. The molecule has 2 N–H and O–H groups in total. The zero-order valence-corrected chi connectivity index (χ0v) is 9.20. The fourth-order valence-electron chi connectivity index (χ4n) is 1.60. The standard InChI is InChI=1S/C10H11N5O2/c1-7-9(15(16)17)10(11)14(13-7)6-8-3-2-4-12-5-8/h2-5H,6,11H2,1H3. The summed E-state index contributed by atoms with van der Waals surface area (Å²) in [6, 6.07) is 3.64. The van der Waals surface area contributed by atoms with Crippen LogP contribution in [0.4, 0.5) is 11.5 Å². The number of rotatable bonds is 3. The van der Waals surface area contributed by atoms with Crippen LogP contribution in [0, 0.1) is 17.0 Å². The Hall–Kier alpha value is -2.44. The third kappa shape index (κ3) is 2.07. The summed E-state index contributed by atoms with van der Waals surface area (Å²) in [5.41, 5.74) is 6.76. The van der Waals surface area contributed by atoms with Crippen LogP contribution in [0.25, 0.3) is 0 Å². The molecule has 0 saturated carbocycles. The molecule has 0 unspecified atom stereocenters. The zero-order chi connectivity index (χ0) is 12.4. The lowest BCUT2D eigenvalue weighted by Gasteiger charge is -2.02. The van der Waals surface area contributed by atoms with E-state index >= 15 is 0 Å². The highest BCUT2D eigenvalue weighted by molar-refractivity contribution is 5.56. The van der Waals surface area contributed by atoms with E-state index in [2.05, 4.69) is 10.1 Å². The Bertz CT molecular complexity index is 549. The molecule has 7 heteroatoms. The Morgan fingerprint density at radius 2 is 2.35 bits per heavy atom. The molecule has 17 heavy (non-hydrogen) atoms. The number of aryl methyl sites for hydroxylation is 1. The Morgan fingerprint density at radius 3 is 2.88 bits per heavy atom. The van der Waals surface area contributed by atoms with Crippen LogP contribution in [-0.2, 0) is 6.54 Å². The quantitative estimate of drug-likeness (QED) is 0.632. The van der Waals surface area contributed by atoms with Crippen LogP contribution in [0.5, 0.6) is 0 Å². The Labute approximate surface area is 97.0 Å². The lowest BCUT2D eigenvalue weighted by atomic mass is 10.3. The van der Waals surface area contributed by atoms with E-state index in [0.717, 1.165) is 5.56 Å². The average Bonchev–Trinajstić information content (AvgIpc) is 2.55. The molecule has 2 aromatic heterocycles. The maximum Gasteiger partial charge on any atom is 0.333 e. The number of pyridine rings is 1. The van der Waals surface area contributed by atoms with Gasteiger partial charge in [-0.15, -0.1) is 0 Å². The largest absolute Gasteiger partial charge is 0.378 e. The minimum atomic E-state index is -0.516. The van der Waals surface area contributed by atoms with E-state index < -0.39 is 4.92 Å². The molecule has 0 amide bonds. The molecule has 0 fully saturated rings. The van der Waals surface area contributed by atoms with Crippen LogP contribution in [0.15, 0.2) is 24.5 Å². The maximum absolute atomic E-state index is 10.8. The summed E-state index contributed by atoms with van der Waals surface area (Å²) < 4.78 is 1.41. The number of nitrogens with two attached hydrogens (primary N) is 1. The summed E-state index contributed by atoms with van der Waals surface area (Å²) in [6.07, 6.45) is 3.33. The van der Waals surface area contributed by atoms with Crippen molar-refractivity contribution in [3.8, 4) is 0 Å². The van der Waals surface area contributed by atoms with Crippen molar-refractivity contribution in [1.82, 2.24) is 14.8 Å². The first kappa shape index (κ1) is 11.1. The lowest BCUT2D eigenvalue weighted by Crippen LogP contribution is -2.06. The van der Waals surface area contributed by atoms with Gasteiger partial charge >= 0.3 is 5.69 Å². The summed E-state index contributed by atoms with van der Waals surface area (Å²) in [4.78, 5) is 14.2. The van der Waals surface area contributed by atoms with E-state index in [4.69, 9.17) is 5.73 Å². The summed E-state index contributed by atoms with van der Waals surface area (Å²) >= 11 is 0. The Balaban J connectivity index is 2.35. The number of nitrogen functional groups attached to an aromatic ring is 1. The van der Waals surface area contributed by atoms with Gasteiger partial charge in [-0.2, -0.15) is 5.10 Å². The van der Waals surface area contributed by atoms with Gasteiger partial charge in [0.25, 0.3) is 0 Å². The van der Waals surface area contributed by atoms with Crippen LogP contribution in [-0.4, -0.2) is 19.7 Å². The van der Waals surface area contributed by atoms with E-state index in [1.54, 1.807) is 25.4 Å². The van der Waals surface area contributed by atoms with Gasteiger partial charge in [-0.05, 0) is 18.6 Å². The Morgan fingerprint density at radius 1 is 1.59 bits per heavy atom. The molecular formula is C10H11N5O2. The van der Waals surface area contributed by atoms with E-state index in [9.17, 15) is 10.1 Å². The SMILES string of the molecule is Cc1nn(Cc2cccnc2)c(N)c1[N+](=O)[O-]. The molecule has 0 aliphatic heterocycles. The summed E-state index contributed by atoms with van der Waals surface area (Å²) in [7, 11) is 0. The first-order valence-corrected chi connectivity index (χ1v) is 4.95. The number of anilines is 1. The van der Waals surface area contributed by atoms with Crippen molar-refractivity contribution < 1.29 is 4.92 Å². The molecule has 0 atom stereocenters. The van der Waals surface area contributed by atoms with E-state index in [0.29, 0.717) is 12.2 Å². The zero-order valence-electron chi connectivity index (χ0n) is 9.20. The topological polar surface area (TPSA) is 99.9 Å². The average molecular weight is 233 g/mol. The monoisotopic (exact) mass is 233 g/mol. The molecule has 0 aromatic carbocycles. The van der Waals surface area contributed by atoms with Crippen molar-refractivity contribution in [2.75, 3.05) is 5.73 Å². The van der Waals surface area contributed by atoms with Gasteiger partial charge < -0.3 is 5.73 Å². The first-order chi connectivity index (χ1) is 8.09. The number of nitro groups is 1. The van der Waals surface area contributed by atoms with Gasteiger partial charge in [0.15, 0.2) is 0 Å². The summed E-state index contributed by atoms with van der Waals surface area (Å²) in [5, 5.41) is 14.8. The summed E-state index contributed by atoms with van der Waals surface area (Å²) in [5.74, 6) is 0.0661. The van der Waals surface area contributed by atoms with Crippen LogP contribution >= 0.6 is 0 Å². The van der Waals surface area contributed by atoms with Crippen molar-refractivity contribution in [2.24, 2.45) is 0 Å². The van der Waals surface area contributed by atoms with Gasteiger partial charge in [-0.25, -0.2) is 4.68 Å². The van der Waals surface area contributed by atoms with Crippen molar-refractivity contribution in [1.29, 1.82) is 0 Å².